The average molecular weight is 504 g/mol. The molecule has 9 nitrogen and oxygen atoms in total. The SMILES string of the molecule is C=Cc1ccc(-c2ccc3c(c2O)C(O)=C2C(=O)[C@]4(O)C(O)=C(C(N)=O)C(=O)C[C@@H]4[C@@H](O)[C@@H]2[C@H]3C)cc1. The molecule has 190 valence electrons. The van der Waals surface area contributed by atoms with Gasteiger partial charge >= 0.3 is 0 Å². The zero-order valence-electron chi connectivity index (χ0n) is 19.8. The van der Waals surface area contributed by atoms with Crippen molar-refractivity contribution in [2.75, 3.05) is 0 Å². The van der Waals surface area contributed by atoms with Gasteiger partial charge in [-0.3, -0.25) is 14.4 Å². The number of primary amides is 1. The normalized spacial score (nSPS) is 28.9. The van der Waals surface area contributed by atoms with Crippen molar-refractivity contribution >= 4 is 29.3 Å². The van der Waals surface area contributed by atoms with Gasteiger partial charge in [-0.05, 0) is 22.6 Å². The number of benzene rings is 2. The van der Waals surface area contributed by atoms with Crippen molar-refractivity contribution in [1.29, 1.82) is 0 Å². The van der Waals surface area contributed by atoms with Gasteiger partial charge < -0.3 is 31.3 Å². The third-order valence-electron chi connectivity index (χ3n) is 7.96. The number of fused-ring (bicyclic) bond motifs is 3. The maximum Gasteiger partial charge on any atom is 0.255 e. The number of carbonyl (C=O) groups excluding carboxylic acids is 3. The Hall–Kier alpha value is -4.21. The second-order valence-electron chi connectivity index (χ2n) is 9.74. The van der Waals surface area contributed by atoms with E-state index in [-0.39, 0.29) is 11.3 Å². The lowest BCUT2D eigenvalue weighted by Crippen LogP contribution is -2.63. The molecule has 0 aromatic heterocycles. The summed E-state index contributed by atoms with van der Waals surface area (Å²) in [6.07, 6.45) is -0.503. The Kier molecular flexibility index (Phi) is 5.40. The smallest absolute Gasteiger partial charge is 0.255 e. The van der Waals surface area contributed by atoms with E-state index in [2.05, 4.69) is 6.58 Å². The lowest BCUT2D eigenvalue weighted by atomic mass is 9.55. The van der Waals surface area contributed by atoms with Gasteiger partial charge in [0.25, 0.3) is 5.91 Å². The number of aliphatic hydroxyl groups is 4. The molecule has 0 unspecified atom stereocenters. The van der Waals surface area contributed by atoms with Gasteiger partial charge in [-0.25, -0.2) is 0 Å². The fourth-order valence-electron chi connectivity index (χ4n) is 6.03. The third-order valence-corrected chi connectivity index (χ3v) is 7.96. The number of carbonyl (C=O) groups is 3. The maximum atomic E-state index is 13.7. The minimum absolute atomic E-state index is 0.0443. The largest absolute Gasteiger partial charge is 0.508 e. The molecule has 0 heterocycles. The number of amides is 1. The average Bonchev–Trinajstić information content (AvgIpc) is 2.86. The van der Waals surface area contributed by atoms with Crippen LogP contribution in [0.25, 0.3) is 23.0 Å². The van der Waals surface area contributed by atoms with Crippen LogP contribution in [0.15, 0.2) is 59.9 Å². The van der Waals surface area contributed by atoms with Gasteiger partial charge in [0.2, 0.25) is 5.78 Å². The number of Topliss-reactive ketones (excluding diaryl/α,β-unsaturated/α-hetero) is 2. The number of aliphatic hydroxyl groups excluding tert-OH is 3. The molecule has 2 aromatic rings. The first kappa shape index (κ1) is 24.5. The standard InChI is InChI=1S/C28H25NO8/c1-3-12-4-6-13(7-5-12)15-9-8-14-11(2)18-21(24(33)19(14)22(15)31)26(35)28(37)16(23(18)32)10-17(30)20(25(28)34)27(29)36/h3-9,11,16,18,23,31-34,37H,1,10H2,2H3,(H2,29,36)/t11-,16+,18+,23+,28+/m0/s1. The van der Waals surface area contributed by atoms with Gasteiger partial charge in [0, 0.05) is 29.4 Å². The second kappa shape index (κ2) is 8.16. The predicted octanol–water partition coefficient (Wildman–Crippen LogP) is 2.27. The van der Waals surface area contributed by atoms with Crippen molar-refractivity contribution in [2.45, 2.75) is 31.0 Å². The van der Waals surface area contributed by atoms with Gasteiger partial charge in [0.1, 0.15) is 22.8 Å². The molecule has 1 fully saturated rings. The first-order valence-corrected chi connectivity index (χ1v) is 11.7. The molecular formula is C28H25NO8. The molecule has 1 saturated carbocycles. The fourth-order valence-corrected chi connectivity index (χ4v) is 6.03. The fraction of sp³-hybridized carbons (Fsp3) is 0.250. The zero-order chi connectivity index (χ0) is 27.0. The summed E-state index contributed by atoms with van der Waals surface area (Å²) in [5.41, 5.74) is 3.28. The number of phenols is 1. The monoisotopic (exact) mass is 503 g/mol. The second-order valence-corrected chi connectivity index (χ2v) is 9.74. The zero-order valence-corrected chi connectivity index (χ0v) is 19.8. The van der Waals surface area contributed by atoms with Crippen molar-refractivity contribution in [2.24, 2.45) is 17.6 Å². The summed E-state index contributed by atoms with van der Waals surface area (Å²) in [5, 5.41) is 55.9. The van der Waals surface area contributed by atoms with Gasteiger partial charge in [0.15, 0.2) is 11.4 Å². The third kappa shape index (κ3) is 3.14. The van der Waals surface area contributed by atoms with E-state index in [1.54, 1.807) is 49.4 Å². The van der Waals surface area contributed by atoms with Crippen LogP contribution < -0.4 is 5.73 Å². The predicted molar refractivity (Wildman–Crippen MR) is 133 cm³/mol. The van der Waals surface area contributed by atoms with E-state index >= 15 is 0 Å². The Morgan fingerprint density at radius 1 is 1.11 bits per heavy atom. The number of aromatic hydroxyl groups is 1. The van der Waals surface area contributed by atoms with Crippen LogP contribution >= 0.6 is 0 Å². The van der Waals surface area contributed by atoms with E-state index in [0.717, 1.165) is 5.56 Å². The Labute approximate surface area is 211 Å². The van der Waals surface area contributed by atoms with Gasteiger partial charge in [0.05, 0.1) is 11.7 Å². The van der Waals surface area contributed by atoms with Crippen molar-refractivity contribution < 1.29 is 39.9 Å². The highest BCUT2D eigenvalue weighted by Gasteiger charge is 2.64. The highest BCUT2D eigenvalue weighted by atomic mass is 16.4. The van der Waals surface area contributed by atoms with Crippen molar-refractivity contribution in [3.63, 3.8) is 0 Å². The minimum atomic E-state index is -2.86. The molecule has 9 heteroatoms. The number of ketones is 2. The Bertz CT molecular complexity index is 1470. The van der Waals surface area contributed by atoms with E-state index < -0.39 is 76.0 Å². The van der Waals surface area contributed by atoms with Crippen LogP contribution in [0.5, 0.6) is 5.75 Å². The molecule has 5 rings (SSSR count). The van der Waals surface area contributed by atoms with Crippen LogP contribution in [0.4, 0.5) is 0 Å². The Morgan fingerprint density at radius 3 is 2.35 bits per heavy atom. The number of hydrogen-bond donors (Lipinski definition) is 6. The molecule has 3 aliphatic carbocycles. The molecule has 2 aromatic carbocycles. The molecule has 0 saturated heterocycles. The van der Waals surface area contributed by atoms with Crippen LogP contribution in [0.2, 0.25) is 0 Å². The number of phenolic OH excluding ortho intramolecular Hbond substituents is 1. The van der Waals surface area contributed by atoms with Crippen molar-refractivity contribution in [3.8, 4) is 16.9 Å². The summed E-state index contributed by atoms with van der Waals surface area (Å²) in [5.74, 6) is -8.80. The summed E-state index contributed by atoms with van der Waals surface area (Å²) in [4.78, 5) is 38.0. The maximum absolute atomic E-state index is 13.7. The Morgan fingerprint density at radius 2 is 1.76 bits per heavy atom. The lowest BCUT2D eigenvalue weighted by Gasteiger charge is -2.50. The highest BCUT2D eigenvalue weighted by molar-refractivity contribution is 6.23. The molecule has 37 heavy (non-hydrogen) atoms. The molecule has 7 N–H and O–H groups in total. The van der Waals surface area contributed by atoms with Crippen LogP contribution in [-0.4, -0.2) is 54.7 Å². The molecule has 0 aliphatic heterocycles. The van der Waals surface area contributed by atoms with Crippen LogP contribution in [0.1, 0.15) is 36.0 Å². The van der Waals surface area contributed by atoms with E-state index in [1.807, 2.05) is 0 Å². The van der Waals surface area contributed by atoms with Crippen molar-refractivity contribution in [3.05, 3.63) is 76.6 Å². The van der Waals surface area contributed by atoms with Crippen LogP contribution in [-0.2, 0) is 14.4 Å². The van der Waals surface area contributed by atoms with Crippen molar-refractivity contribution in [1.82, 2.24) is 0 Å². The Balaban J connectivity index is 1.73. The van der Waals surface area contributed by atoms with Crippen LogP contribution in [0.3, 0.4) is 0 Å². The molecule has 3 aliphatic rings. The van der Waals surface area contributed by atoms with E-state index in [1.165, 1.54) is 0 Å². The number of nitrogens with two attached hydrogens (primary N) is 1. The summed E-state index contributed by atoms with van der Waals surface area (Å²) in [6, 6.07) is 10.4. The molecule has 5 atom stereocenters. The minimum Gasteiger partial charge on any atom is -0.508 e. The summed E-state index contributed by atoms with van der Waals surface area (Å²) >= 11 is 0. The first-order valence-electron chi connectivity index (χ1n) is 11.7. The molecule has 1 amide bonds. The van der Waals surface area contributed by atoms with E-state index in [0.29, 0.717) is 16.7 Å². The van der Waals surface area contributed by atoms with Crippen LogP contribution in [0, 0.1) is 11.8 Å². The van der Waals surface area contributed by atoms with Gasteiger partial charge in [-0.1, -0.05) is 56.0 Å². The summed E-state index contributed by atoms with van der Waals surface area (Å²) < 4.78 is 0. The summed E-state index contributed by atoms with van der Waals surface area (Å²) in [6.45, 7) is 5.39. The number of hydrogen-bond acceptors (Lipinski definition) is 8. The van der Waals surface area contributed by atoms with E-state index in [4.69, 9.17) is 5.73 Å². The summed E-state index contributed by atoms with van der Waals surface area (Å²) in [7, 11) is 0. The van der Waals surface area contributed by atoms with E-state index in [9.17, 15) is 39.9 Å². The lowest BCUT2D eigenvalue weighted by molar-refractivity contribution is -0.160. The quantitative estimate of drug-likeness (QED) is 0.345. The highest BCUT2D eigenvalue weighted by Crippen LogP contribution is 2.56. The van der Waals surface area contributed by atoms with Gasteiger partial charge in [-0.15, -0.1) is 0 Å². The topological polar surface area (TPSA) is 178 Å². The van der Waals surface area contributed by atoms with Gasteiger partial charge in [-0.2, -0.15) is 0 Å². The molecular weight excluding hydrogens is 478 g/mol. The molecule has 0 bridgehead atoms. The molecule has 0 radical (unpaired) electrons. The molecule has 0 spiro atoms. The number of rotatable bonds is 3. The first-order chi connectivity index (χ1) is 17.4.